The number of carbonyl (C=O) groups is 2. The van der Waals surface area contributed by atoms with Crippen LogP contribution >= 0.6 is 0 Å². The zero-order chi connectivity index (χ0) is 35.4. The summed E-state index contributed by atoms with van der Waals surface area (Å²) < 4.78 is 0. The van der Waals surface area contributed by atoms with Crippen molar-refractivity contribution < 1.29 is 19.8 Å². The summed E-state index contributed by atoms with van der Waals surface area (Å²) in [6.07, 6.45) is 51.5. The van der Waals surface area contributed by atoms with Crippen LogP contribution in [0.2, 0.25) is 0 Å². The van der Waals surface area contributed by atoms with Crippen molar-refractivity contribution in [3.05, 3.63) is 0 Å². The van der Waals surface area contributed by atoms with Crippen molar-refractivity contribution in [1.29, 1.82) is 0 Å². The number of carbonyl (C=O) groups excluding carboxylic acids is 2. The monoisotopic (exact) mass is 719 g/mol. The number of hydrogen-bond donors (Lipinski definition) is 0. The molecule has 0 radical (unpaired) electrons. The topological polar surface area (TPSA) is 80.3 Å². The second-order valence-corrected chi connectivity index (χ2v) is 15.0. The van der Waals surface area contributed by atoms with Crippen LogP contribution in [0.15, 0.2) is 0 Å². The minimum Gasteiger partial charge on any atom is -0.550 e. The van der Waals surface area contributed by atoms with E-state index in [1.807, 2.05) is 0 Å². The van der Waals surface area contributed by atoms with E-state index in [0.717, 1.165) is 25.7 Å². The van der Waals surface area contributed by atoms with Gasteiger partial charge < -0.3 is 19.8 Å². The van der Waals surface area contributed by atoms with Crippen molar-refractivity contribution in [1.82, 2.24) is 0 Å². The molecule has 288 valence electrons. The van der Waals surface area contributed by atoms with Gasteiger partial charge in [-0.05, 0) is 25.7 Å². The van der Waals surface area contributed by atoms with Gasteiger partial charge in [0, 0.05) is 11.9 Å². The second-order valence-electron chi connectivity index (χ2n) is 15.0. The van der Waals surface area contributed by atoms with Crippen LogP contribution in [-0.2, 0) is 9.59 Å². The number of aliphatic carboxylic acids is 2. The van der Waals surface area contributed by atoms with Crippen LogP contribution in [0.1, 0.15) is 271 Å². The molecule has 0 saturated carbocycles. The van der Waals surface area contributed by atoms with Gasteiger partial charge in [-0.15, -0.1) is 0 Å². The van der Waals surface area contributed by atoms with Crippen molar-refractivity contribution in [2.75, 3.05) is 0 Å². The van der Waals surface area contributed by atoms with Gasteiger partial charge in [0.1, 0.15) is 0 Å². The van der Waals surface area contributed by atoms with E-state index in [2.05, 4.69) is 13.8 Å². The van der Waals surface area contributed by atoms with Crippen LogP contribution in [0, 0.1) is 0 Å². The average molecular weight is 719 g/mol. The molecule has 0 aromatic heterocycles. The number of carboxylic acid groups (broad SMARTS) is 2. The van der Waals surface area contributed by atoms with Gasteiger partial charge in [-0.3, -0.25) is 0 Å². The Morgan fingerprint density at radius 2 is 0.388 bits per heavy atom. The Morgan fingerprint density at radius 3 is 0.510 bits per heavy atom. The van der Waals surface area contributed by atoms with Gasteiger partial charge in [0.05, 0.1) is 0 Å². The first kappa shape index (κ1) is 53.6. The molecule has 0 bridgehead atoms. The summed E-state index contributed by atoms with van der Waals surface area (Å²) in [6, 6.07) is 0. The summed E-state index contributed by atoms with van der Waals surface area (Å²) in [4.78, 5) is 20.5. The summed E-state index contributed by atoms with van der Waals surface area (Å²) in [5, 5.41) is 20.5. The minimum atomic E-state index is -0.901. The second kappa shape index (κ2) is 50.3. The van der Waals surface area contributed by atoms with E-state index in [1.54, 1.807) is 0 Å². The van der Waals surface area contributed by atoms with Gasteiger partial charge in [-0.2, -0.15) is 0 Å². The molecule has 49 heavy (non-hydrogen) atoms. The molecule has 0 spiro atoms. The van der Waals surface area contributed by atoms with Crippen molar-refractivity contribution in [2.24, 2.45) is 0 Å². The van der Waals surface area contributed by atoms with Gasteiger partial charge in [-0.25, -0.2) is 0 Å². The molecule has 0 rings (SSSR count). The standard InChI is InChI=1S/2C22H44O2.Ca/c2*1-2-3-4-5-6-7-8-9-10-11-12-13-14-15-16-17-18-19-20-21-22(23)24;/h2*2-21H2,1H3,(H,23,24);/q;;+2/p-2. The van der Waals surface area contributed by atoms with E-state index in [0.29, 0.717) is 0 Å². The maximum atomic E-state index is 10.3. The zero-order valence-corrected chi connectivity index (χ0v) is 35.8. The van der Waals surface area contributed by atoms with Crippen molar-refractivity contribution in [3.63, 3.8) is 0 Å². The summed E-state index contributed by atoms with van der Waals surface area (Å²) in [7, 11) is 0. The van der Waals surface area contributed by atoms with Crippen LogP contribution in [0.4, 0.5) is 0 Å². The molecule has 0 aliphatic carbocycles. The Kier molecular flexibility index (Phi) is 55.0. The number of carboxylic acids is 2. The summed E-state index contributed by atoms with van der Waals surface area (Å²) in [6.45, 7) is 4.56. The smallest absolute Gasteiger partial charge is 0.550 e. The van der Waals surface area contributed by atoms with Gasteiger partial charge in [-0.1, -0.05) is 245 Å². The number of hydrogen-bond acceptors (Lipinski definition) is 4. The third kappa shape index (κ3) is 57.8. The molecule has 4 nitrogen and oxygen atoms in total. The molecule has 0 aromatic rings. The molecule has 0 aliphatic rings. The average Bonchev–Trinajstić information content (AvgIpc) is 3.07. The predicted molar refractivity (Wildman–Crippen MR) is 212 cm³/mol. The molecule has 0 atom stereocenters. The third-order valence-electron chi connectivity index (χ3n) is 9.97. The number of rotatable bonds is 40. The Morgan fingerprint density at radius 1 is 0.265 bits per heavy atom. The van der Waals surface area contributed by atoms with E-state index in [9.17, 15) is 19.8 Å². The molecule has 0 aromatic carbocycles. The fourth-order valence-electron chi connectivity index (χ4n) is 6.70. The van der Waals surface area contributed by atoms with Crippen LogP contribution < -0.4 is 10.2 Å². The van der Waals surface area contributed by atoms with Gasteiger partial charge >= 0.3 is 37.7 Å². The SMILES string of the molecule is CCCCCCCCCCCCCCCCCCCCCC(=O)[O-].CCCCCCCCCCCCCCCCCCCCCC(=O)[O-].[Ca+2]. The molecule has 5 heteroatoms. The largest absolute Gasteiger partial charge is 2.00 e. The van der Waals surface area contributed by atoms with E-state index < -0.39 is 11.9 Å². The Hall–Kier alpha value is 0.200. The molecule has 0 saturated heterocycles. The number of unbranched alkanes of at least 4 members (excludes halogenated alkanes) is 36. The van der Waals surface area contributed by atoms with E-state index in [1.165, 1.54) is 218 Å². The fraction of sp³-hybridized carbons (Fsp3) is 0.955. The molecule has 0 fully saturated rings. The van der Waals surface area contributed by atoms with Crippen molar-refractivity contribution >= 4 is 49.7 Å². The first-order valence-corrected chi connectivity index (χ1v) is 21.9. The Balaban J connectivity index is -0.000000846. The normalized spacial score (nSPS) is 10.8. The molecule has 0 heterocycles. The van der Waals surface area contributed by atoms with Crippen molar-refractivity contribution in [2.45, 2.75) is 271 Å². The molecular formula is C44H86CaO4. The predicted octanol–water partition coefficient (Wildman–Crippen LogP) is 12.7. The molecule has 0 amide bonds. The minimum absolute atomic E-state index is 0. The molecular weight excluding hydrogens is 633 g/mol. The van der Waals surface area contributed by atoms with Crippen LogP contribution in [0.5, 0.6) is 0 Å². The molecule has 0 unspecified atom stereocenters. The Labute approximate surface area is 337 Å². The van der Waals surface area contributed by atoms with Gasteiger partial charge in [0.2, 0.25) is 0 Å². The first-order valence-electron chi connectivity index (χ1n) is 21.9. The van der Waals surface area contributed by atoms with Crippen LogP contribution in [0.3, 0.4) is 0 Å². The van der Waals surface area contributed by atoms with E-state index >= 15 is 0 Å². The third-order valence-corrected chi connectivity index (χ3v) is 9.97. The quantitative estimate of drug-likeness (QED) is 0.0466. The van der Waals surface area contributed by atoms with Gasteiger partial charge in [0.25, 0.3) is 0 Å². The Bertz CT molecular complexity index is 560. The van der Waals surface area contributed by atoms with E-state index in [4.69, 9.17) is 0 Å². The van der Waals surface area contributed by atoms with Crippen LogP contribution in [0.25, 0.3) is 0 Å². The summed E-state index contributed by atoms with van der Waals surface area (Å²) in [5.74, 6) is -1.80. The summed E-state index contributed by atoms with van der Waals surface area (Å²) in [5.41, 5.74) is 0. The van der Waals surface area contributed by atoms with Crippen molar-refractivity contribution in [3.8, 4) is 0 Å². The fourth-order valence-corrected chi connectivity index (χ4v) is 6.70. The maximum absolute atomic E-state index is 10.3. The van der Waals surface area contributed by atoms with Gasteiger partial charge in [0.15, 0.2) is 0 Å². The first-order chi connectivity index (χ1) is 23.5. The molecule has 0 aliphatic heterocycles. The summed E-state index contributed by atoms with van der Waals surface area (Å²) >= 11 is 0. The zero-order valence-electron chi connectivity index (χ0n) is 33.6. The molecule has 0 N–H and O–H groups in total. The van der Waals surface area contributed by atoms with Crippen LogP contribution in [-0.4, -0.2) is 49.7 Å². The maximum Gasteiger partial charge on any atom is 2.00 e. The van der Waals surface area contributed by atoms with E-state index in [-0.39, 0.29) is 50.6 Å².